The first-order chi connectivity index (χ1) is 11.0. The lowest BCUT2D eigenvalue weighted by atomic mass is 9.97. The van der Waals surface area contributed by atoms with Crippen LogP contribution in [0.5, 0.6) is 5.75 Å². The van der Waals surface area contributed by atoms with Crippen molar-refractivity contribution >= 4 is 11.8 Å². The van der Waals surface area contributed by atoms with E-state index in [1.54, 1.807) is 12.0 Å². The van der Waals surface area contributed by atoms with Crippen molar-refractivity contribution in [1.29, 1.82) is 0 Å². The van der Waals surface area contributed by atoms with E-state index < -0.39 is 0 Å². The van der Waals surface area contributed by atoms with Gasteiger partial charge in [-0.15, -0.1) is 0 Å². The minimum Gasteiger partial charge on any atom is -0.497 e. The number of methoxy groups -OCH3 is 1. The number of piperidine rings is 1. The van der Waals surface area contributed by atoms with Crippen LogP contribution in [0.4, 0.5) is 0 Å². The van der Waals surface area contributed by atoms with Crippen LogP contribution in [0.3, 0.4) is 0 Å². The molecule has 0 aliphatic carbocycles. The van der Waals surface area contributed by atoms with E-state index in [0.717, 1.165) is 24.2 Å². The van der Waals surface area contributed by atoms with Crippen LogP contribution in [0.15, 0.2) is 24.3 Å². The predicted molar refractivity (Wildman–Crippen MR) is 87.8 cm³/mol. The first kappa shape index (κ1) is 17.3. The molecule has 1 atom stereocenters. The normalized spacial score (nSPS) is 18.0. The Morgan fingerprint density at radius 2 is 2.04 bits per heavy atom. The molecule has 2 amide bonds. The van der Waals surface area contributed by atoms with Gasteiger partial charge in [-0.05, 0) is 37.6 Å². The summed E-state index contributed by atoms with van der Waals surface area (Å²) in [6, 6.07) is 7.80. The number of likely N-dealkylation sites (N-methyl/N-ethyl adjacent to an activating group) is 1. The van der Waals surface area contributed by atoms with Crippen molar-refractivity contribution in [2.45, 2.75) is 19.4 Å². The molecule has 1 aromatic rings. The number of amides is 2. The van der Waals surface area contributed by atoms with Crippen molar-refractivity contribution in [3.63, 3.8) is 0 Å². The average Bonchev–Trinajstić information content (AvgIpc) is 2.55. The maximum Gasteiger partial charge on any atom is 0.236 e. The second kappa shape index (κ2) is 7.97. The highest BCUT2D eigenvalue weighted by Crippen LogP contribution is 2.17. The third kappa shape index (κ3) is 4.96. The molecule has 1 heterocycles. The fourth-order valence-electron chi connectivity index (χ4n) is 2.87. The number of ether oxygens (including phenoxy) is 1. The Morgan fingerprint density at radius 3 is 2.65 bits per heavy atom. The van der Waals surface area contributed by atoms with Gasteiger partial charge in [0.25, 0.3) is 0 Å². The summed E-state index contributed by atoms with van der Waals surface area (Å²) in [7, 11) is 3.55. The lowest BCUT2D eigenvalue weighted by Crippen LogP contribution is -2.47. The van der Waals surface area contributed by atoms with Crippen molar-refractivity contribution in [3.05, 3.63) is 29.8 Å². The van der Waals surface area contributed by atoms with Gasteiger partial charge in [0.2, 0.25) is 11.8 Å². The summed E-state index contributed by atoms with van der Waals surface area (Å²) in [6.45, 7) is 2.17. The van der Waals surface area contributed by atoms with E-state index in [9.17, 15) is 9.59 Å². The number of hydrogen-bond donors (Lipinski definition) is 1. The molecule has 0 aromatic heterocycles. The minimum atomic E-state index is -0.311. The van der Waals surface area contributed by atoms with Crippen LogP contribution in [0.1, 0.15) is 18.4 Å². The summed E-state index contributed by atoms with van der Waals surface area (Å²) in [4.78, 5) is 27.4. The van der Waals surface area contributed by atoms with Crippen molar-refractivity contribution < 1.29 is 14.3 Å². The van der Waals surface area contributed by atoms with E-state index in [1.807, 2.05) is 36.2 Å². The quantitative estimate of drug-likeness (QED) is 0.843. The molecule has 23 heavy (non-hydrogen) atoms. The van der Waals surface area contributed by atoms with Gasteiger partial charge in [-0.1, -0.05) is 12.1 Å². The Balaban J connectivity index is 1.85. The predicted octanol–water partition coefficient (Wildman–Crippen LogP) is 0.851. The van der Waals surface area contributed by atoms with Crippen molar-refractivity contribution in [2.24, 2.45) is 11.7 Å². The molecule has 6 nitrogen and oxygen atoms in total. The van der Waals surface area contributed by atoms with Gasteiger partial charge in [0.1, 0.15) is 5.75 Å². The maximum atomic E-state index is 12.4. The third-order valence-electron chi connectivity index (χ3n) is 4.19. The Hall–Kier alpha value is -2.08. The number of carbonyl (C=O) groups excluding carboxylic acids is 2. The van der Waals surface area contributed by atoms with Gasteiger partial charge in [0.15, 0.2) is 0 Å². The van der Waals surface area contributed by atoms with Crippen LogP contribution in [-0.2, 0) is 16.1 Å². The second-order valence-electron chi connectivity index (χ2n) is 6.10. The molecule has 0 spiro atoms. The fraction of sp³-hybridized carbons (Fsp3) is 0.529. The third-order valence-corrected chi connectivity index (χ3v) is 4.19. The summed E-state index contributed by atoms with van der Waals surface area (Å²) in [5.41, 5.74) is 6.48. The second-order valence-corrected chi connectivity index (χ2v) is 6.10. The van der Waals surface area contributed by atoms with E-state index in [2.05, 4.69) is 0 Å². The van der Waals surface area contributed by atoms with E-state index in [0.29, 0.717) is 26.2 Å². The number of carbonyl (C=O) groups is 2. The number of likely N-dealkylation sites (tertiary alicyclic amines) is 1. The highest BCUT2D eigenvalue weighted by Gasteiger charge is 2.27. The monoisotopic (exact) mass is 319 g/mol. The van der Waals surface area contributed by atoms with Gasteiger partial charge in [0, 0.05) is 19.6 Å². The minimum absolute atomic E-state index is 0.0481. The number of hydrogen-bond acceptors (Lipinski definition) is 4. The highest BCUT2D eigenvalue weighted by molar-refractivity contribution is 5.81. The molecule has 6 heteroatoms. The van der Waals surface area contributed by atoms with Gasteiger partial charge in [-0.2, -0.15) is 0 Å². The Morgan fingerprint density at radius 1 is 1.35 bits per heavy atom. The Bertz CT molecular complexity index is 545. The molecule has 1 unspecified atom stereocenters. The van der Waals surface area contributed by atoms with Crippen LogP contribution < -0.4 is 10.5 Å². The lowest BCUT2D eigenvalue weighted by Gasteiger charge is -2.32. The smallest absolute Gasteiger partial charge is 0.236 e. The highest BCUT2D eigenvalue weighted by atomic mass is 16.5. The summed E-state index contributed by atoms with van der Waals surface area (Å²) >= 11 is 0. The molecule has 0 bridgehead atoms. The van der Waals surface area contributed by atoms with E-state index >= 15 is 0 Å². The summed E-state index contributed by atoms with van der Waals surface area (Å²) in [6.07, 6.45) is 1.61. The van der Waals surface area contributed by atoms with Gasteiger partial charge in [-0.3, -0.25) is 14.5 Å². The zero-order valence-corrected chi connectivity index (χ0v) is 13.8. The van der Waals surface area contributed by atoms with Crippen LogP contribution in [-0.4, -0.2) is 55.4 Å². The molecule has 1 aromatic carbocycles. The Kier molecular flexibility index (Phi) is 5.98. The number of primary amides is 1. The molecule has 1 fully saturated rings. The van der Waals surface area contributed by atoms with Crippen molar-refractivity contribution in [3.8, 4) is 5.75 Å². The first-order valence-electron chi connectivity index (χ1n) is 7.88. The van der Waals surface area contributed by atoms with Gasteiger partial charge in [-0.25, -0.2) is 0 Å². The SMILES string of the molecule is COc1ccc(CN(C)CC(=O)N2CCCC(C(N)=O)C2)cc1. The average molecular weight is 319 g/mol. The van der Waals surface area contributed by atoms with Gasteiger partial charge < -0.3 is 15.4 Å². The standard InChI is InChI=1S/C17H25N3O3/c1-19(10-13-5-7-15(23-2)8-6-13)12-16(21)20-9-3-4-14(11-20)17(18)22/h5-8,14H,3-4,9-12H2,1-2H3,(H2,18,22). The topological polar surface area (TPSA) is 75.9 Å². The fourth-order valence-corrected chi connectivity index (χ4v) is 2.87. The van der Waals surface area contributed by atoms with Gasteiger partial charge >= 0.3 is 0 Å². The summed E-state index contributed by atoms with van der Waals surface area (Å²) < 4.78 is 5.14. The Labute approximate surface area is 137 Å². The zero-order chi connectivity index (χ0) is 16.8. The number of rotatable bonds is 6. The molecule has 2 N–H and O–H groups in total. The van der Waals surface area contributed by atoms with Crippen LogP contribution >= 0.6 is 0 Å². The maximum absolute atomic E-state index is 12.4. The zero-order valence-electron chi connectivity index (χ0n) is 13.8. The molecular formula is C17H25N3O3. The number of benzene rings is 1. The number of nitrogens with two attached hydrogens (primary N) is 1. The summed E-state index contributed by atoms with van der Waals surface area (Å²) in [5, 5.41) is 0. The molecule has 2 rings (SSSR count). The molecule has 1 aliphatic heterocycles. The van der Waals surface area contributed by atoms with E-state index in [-0.39, 0.29) is 17.7 Å². The number of nitrogens with zero attached hydrogens (tertiary/aromatic N) is 2. The van der Waals surface area contributed by atoms with Crippen molar-refractivity contribution in [2.75, 3.05) is 33.8 Å². The van der Waals surface area contributed by atoms with Crippen molar-refractivity contribution in [1.82, 2.24) is 9.80 Å². The van der Waals surface area contributed by atoms with Crippen LogP contribution in [0.2, 0.25) is 0 Å². The van der Waals surface area contributed by atoms with Gasteiger partial charge in [0.05, 0.1) is 19.6 Å². The first-order valence-corrected chi connectivity index (χ1v) is 7.88. The molecular weight excluding hydrogens is 294 g/mol. The molecule has 1 aliphatic rings. The summed E-state index contributed by atoms with van der Waals surface area (Å²) in [5.74, 6) is 0.346. The lowest BCUT2D eigenvalue weighted by molar-refractivity contribution is -0.135. The van der Waals surface area contributed by atoms with E-state index in [4.69, 9.17) is 10.5 Å². The van der Waals surface area contributed by atoms with Crippen LogP contribution in [0, 0.1) is 5.92 Å². The molecule has 1 saturated heterocycles. The van der Waals surface area contributed by atoms with Crippen LogP contribution in [0.25, 0.3) is 0 Å². The molecule has 0 radical (unpaired) electrons. The van der Waals surface area contributed by atoms with E-state index in [1.165, 1.54) is 0 Å². The molecule has 0 saturated carbocycles. The largest absolute Gasteiger partial charge is 0.497 e. The molecule has 126 valence electrons.